The average Bonchev–Trinajstić information content (AvgIpc) is 3.47. The third-order valence-electron chi connectivity index (χ3n) is 8.01. The molecule has 42 heavy (non-hydrogen) atoms. The van der Waals surface area contributed by atoms with Gasteiger partial charge in [0, 0.05) is 42.8 Å². The minimum absolute atomic E-state index is 0.0775. The number of anilines is 2. The molecule has 1 unspecified atom stereocenters. The quantitative estimate of drug-likeness (QED) is 0.218. The van der Waals surface area contributed by atoms with Crippen molar-refractivity contribution in [3.63, 3.8) is 0 Å². The first-order valence-electron chi connectivity index (χ1n) is 13.9. The number of aromatic nitrogens is 5. The van der Waals surface area contributed by atoms with E-state index in [1.54, 1.807) is 27.9 Å². The van der Waals surface area contributed by atoms with Gasteiger partial charge in [0.2, 0.25) is 5.95 Å². The highest BCUT2D eigenvalue weighted by molar-refractivity contribution is 9.10. The molecule has 0 aliphatic carbocycles. The molecule has 2 saturated heterocycles. The van der Waals surface area contributed by atoms with Crippen molar-refractivity contribution >= 4 is 33.5 Å². The number of piperidine rings is 2. The lowest BCUT2D eigenvalue weighted by Crippen LogP contribution is -2.47. The van der Waals surface area contributed by atoms with Crippen LogP contribution < -0.4 is 9.80 Å². The van der Waals surface area contributed by atoms with Crippen molar-refractivity contribution in [2.45, 2.75) is 38.5 Å². The highest BCUT2D eigenvalue weighted by Crippen LogP contribution is 2.37. The predicted molar refractivity (Wildman–Crippen MR) is 161 cm³/mol. The number of hydrogen-bond acceptors (Lipinski definition) is 8. The normalized spacial score (nSPS) is 19.0. The maximum atomic E-state index is 14.3. The molecule has 0 N–H and O–H groups in total. The molecule has 1 aromatic carbocycles. The van der Waals surface area contributed by atoms with E-state index in [-0.39, 0.29) is 19.5 Å². The van der Waals surface area contributed by atoms with Crippen LogP contribution in [-0.4, -0.2) is 70.1 Å². The minimum Gasteiger partial charge on any atom is -0.465 e. The molecule has 0 saturated carbocycles. The van der Waals surface area contributed by atoms with E-state index in [0.29, 0.717) is 44.7 Å². The molecule has 3 aromatic rings. The average molecular weight is 643 g/mol. The summed E-state index contributed by atoms with van der Waals surface area (Å²) in [5.41, 5.74) is 3.64. The van der Waals surface area contributed by atoms with E-state index in [9.17, 15) is 13.6 Å². The van der Waals surface area contributed by atoms with E-state index in [0.717, 1.165) is 38.0 Å². The summed E-state index contributed by atoms with van der Waals surface area (Å²) in [5, 5.41) is 8.80. The van der Waals surface area contributed by atoms with E-state index in [2.05, 4.69) is 54.3 Å². The number of aryl methyl sites for hydroxylation is 1. The molecule has 2 fully saturated rings. The van der Waals surface area contributed by atoms with Crippen molar-refractivity contribution < 1.29 is 18.3 Å². The number of esters is 1. The van der Waals surface area contributed by atoms with Crippen molar-refractivity contribution in [3.05, 3.63) is 65.4 Å². The fourth-order valence-electron chi connectivity index (χ4n) is 5.58. The Morgan fingerprint density at radius 3 is 2.57 bits per heavy atom. The highest BCUT2D eigenvalue weighted by Gasteiger charge is 2.43. The number of carbonyl (C=O) groups excluding carboxylic acids is 1. The van der Waals surface area contributed by atoms with Gasteiger partial charge in [0.25, 0.3) is 5.92 Å². The molecule has 2 aromatic heterocycles. The van der Waals surface area contributed by atoms with Gasteiger partial charge in [-0.2, -0.15) is 0 Å². The van der Waals surface area contributed by atoms with Crippen molar-refractivity contribution in [1.82, 2.24) is 25.0 Å². The van der Waals surface area contributed by atoms with E-state index in [4.69, 9.17) is 4.74 Å². The number of alkyl halides is 2. The lowest BCUT2D eigenvalue weighted by molar-refractivity contribution is -0.0545. The van der Waals surface area contributed by atoms with Gasteiger partial charge < -0.3 is 14.5 Å². The van der Waals surface area contributed by atoms with Crippen LogP contribution in [0.3, 0.4) is 0 Å². The van der Waals surface area contributed by atoms with Crippen LogP contribution in [0, 0.1) is 18.8 Å². The molecule has 0 spiro atoms. The molecule has 5 rings (SSSR count). The van der Waals surface area contributed by atoms with Crippen LogP contribution in [0.1, 0.15) is 41.7 Å². The Morgan fingerprint density at radius 1 is 1.12 bits per heavy atom. The Balaban J connectivity index is 1.49. The molecule has 9 nitrogen and oxygen atoms in total. The van der Waals surface area contributed by atoms with Crippen LogP contribution in [0.2, 0.25) is 0 Å². The third kappa shape index (κ3) is 6.08. The maximum Gasteiger partial charge on any atom is 0.339 e. The number of ether oxygens (including phenoxy) is 1. The summed E-state index contributed by atoms with van der Waals surface area (Å²) in [4.78, 5) is 25.8. The van der Waals surface area contributed by atoms with Crippen LogP contribution in [0.5, 0.6) is 0 Å². The molecule has 0 radical (unpaired) electrons. The number of allylic oxidation sites excluding steroid dienone is 1. The Kier molecular flexibility index (Phi) is 8.72. The molecular formula is C30H34BrF2N7O2. The first-order chi connectivity index (χ1) is 20.1. The summed E-state index contributed by atoms with van der Waals surface area (Å²) in [7, 11) is 1.34. The molecule has 1 atom stereocenters. The Bertz CT molecular complexity index is 1490. The first kappa shape index (κ1) is 29.8. The zero-order valence-electron chi connectivity index (χ0n) is 23.8. The van der Waals surface area contributed by atoms with E-state index in [1.165, 1.54) is 13.2 Å². The Labute approximate surface area is 252 Å². The largest absolute Gasteiger partial charge is 0.465 e. The molecule has 2 aliphatic heterocycles. The number of carbonyl (C=O) groups is 1. The maximum absolute atomic E-state index is 14.3. The number of hydrogen-bond donors (Lipinski definition) is 0. The predicted octanol–water partition coefficient (Wildman–Crippen LogP) is 6.02. The molecular weight excluding hydrogens is 608 g/mol. The van der Waals surface area contributed by atoms with Gasteiger partial charge in [-0.3, -0.25) is 0 Å². The smallest absolute Gasteiger partial charge is 0.339 e. The van der Waals surface area contributed by atoms with Gasteiger partial charge >= 0.3 is 5.97 Å². The van der Waals surface area contributed by atoms with Crippen molar-refractivity contribution in [3.8, 4) is 17.1 Å². The molecule has 222 valence electrons. The summed E-state index contributed by atoms with van der Waals surface area (Å²) in [6, 6.07) is 5.46. The Morgan fingerprint density at radius 2 is 1.88 bits per heavy atom. The van der Waals surface area contributed by atoms with Crippen LogP contribution in [0.4, 0.5) is 20.4 Å². The number of rotatable bonds is 8. The fraction of sp³-hybridized carbons (Fsp3) is 0.433. The topological polar surface area (TPSA) is 89.3 Å². The van der Waals surface area contributed by atoms with Crippen LogP contribution in [0.25, 0.3) is 17.1 Å². The third-order valence-corrected chi connectivity index (χ3v) is 8.67. The molecule has 0 amide bonds. The molecule has 0 bridgehead atoms. The minimum atomic E-state index is -2.81. The van der Waals surface area contributed by atoms with Crippen molar-refractivity contribution in [2.24, 2.45) is 11.8 Å². The Hall–Kier alpha value is -3.67. The number of benzene rings is 1. The van der Waals surface area contributed by atoms with E-state index in [1.807, 2.05) is 19.1 Å². The van der Waals surface area contributed by atoms with Crippen LogP contribution in [-0.2, 0) is 4.74 Å². The number of methoxy groups -OCH3 is 1. The van der Waals surface area contributed by atoms with E-state index >= 15 is 0 Å². The van der Waals surface area contributed by atoms with Crippen LogP contribution in [0.15, 0.2) is 54.2 Å². The lowest BCUT2D eigenvalue weighted by Gasteiger charge is -2.37. The zero-order valence-corrected chi connectivity index (χ0v) is 25.4. The second kappa shape index (κ2) is 12.3. The number of halogens is 3. The number of nitrogens with zero attached hydrogens (tertiary/aromatic N) is 7. The second-order valence-electron chi connectivity index (χ2n) is 10.8. The molecule has 2 aliphatic rings. The van der Waals surface area contributed by atoms with Gasteiger partial charge in [0.05, 0.1) is 41.9 Å². The van der Waals surface area contributed by atoms with E-state index < -0.39 is 17.8 Å². The van der Waals surface area contributed by atoms with Gasteiger partial charge in [-0.15, -0.1) is 18.3 Å². The molecule has 12 heteroatoms. The standard InChI is InChI=1S/C30H34BrF2N7O2/c1-5-7-20-8-11-38(12-9-20)26-16-23(31)22(28(41)42-4)15-27(26)40-18-25(36-37-40)24-14-19(3)34-29(35-24)39-13-10-30(32,33)21(6-2)17-39/h5-6,14-16,18,20-21H,1-2,7-13,17H2,3-4H3. The van der Waals surface area contributed by atoms with Gasteiger partial charge in [0.1, 0.15) is 5.69 Å². The lowest BCUT2D eigenvalue weighted by atomic mass is 9.93. The fourth-order valence-corrected chi connectivity index (χ4v) is 6.08. The zero-order chi connectivity index (χ0) is 30.0. The summed E-state index contributed by atoms with van der Waals surface area (Å²) < 4.78 is 35.9. The van der Waals surface area contributed by atoms with Crippen LogP contribution >= 0.6 is 15.9 Å². The second-order valence-corrected chi connectivity index (χ2v) is 11.7. The first-order valence-corrected chi connectivity index (χ1v) is 14.7. The summed E-state index contributed by atoms with van der Waals surface area (Å²) in [6.07, 6.45) is 7.78. The van der Waals surface area contributed by atoms with Gasteiger partial charge in [-0.1, -0.05) is 17.4 Å². The van der Waals surface area contributed by atoms with Gasteiger partial charge in [-0.05, 0) is 66.2 Å². The van der Waals surface area contributed by atoms with Crippen molar-refractivity contribution in [2.75, 3.05) is 43.1 Å². The summed E-state index contributed by atoms with van der Waals surface area (Å²) in [6.45, 7) is 11.2. The van der Waals surface area contributed by atoms with Gasteiger partial charge in [-0.25, -0.2) is 28.2 Å². The summed E-state index contributed by atoms with van der Waals surface area (Å²) in [5.74, 6) is -3.30. The SMILES string of the molecule is C=CCC1CCN(c2cc(Br)c(C(=O)OC)cc2-n2cc(-c3cc(C)nc(N4CCC(F)(F)C(C=C)C4)n3)nn2)CC1. The van der Waals surface area contributed by atoms with Gasteiger partial charge in [0.15, 0.2) is 0 Å². The molecule has 4 heterocycles. The summed E-state index contributed by atoms with van der Waals surface area (Å²) >= 11 is 3.55. The van der Waals surface area contributed by atoms with Crippen molar-refractivity contribution in [1.29, 1.82) is 0 Å². The highest BCUT2D eigenvalue weighted by atomic mass is 79.9. The monoisotopic (exact) mass is 641 g/mol.